The van der Waals surface area contributed by atoms with Crippen LogP contribution in [0, 0.1) is 10.1 Å². The highest BCUT2D eigenvalue weighted by atomic mass is 79.9. The van der Waals surface area contributed by atoms with Crippen molar-refractivity contribution in [3.05, 3.63) is 55.6 Å². The number of pyridine rings is 1. The molecule has 0 spiro atoms. The molecule has 2 N–H and O–H groups in total. The molecule has 0 atom stereocenters. The van der Waals surface area contributed by atoms with E-state index >= 15 is 0 Å². The van der Waals surface area contributed by atoms with Crippen LogP contribution < -0.4 is 5.32 Å². The lowest BCUT2D eigenvalue weighted by atomic mass is 10.2. The van der Waals surface area contributed by atoms with Crippen LogP contribution in [-0.2, 0) is 0 Å². The standard InChI is InChI=1S/C12H7BrClN3O4/c13-8-2-1-7(14)4-9(8)16-11-10(17(20)21)3-6(5-15-11)12(18)19/h1-5H,(H,15,16)(H,18,19). The summed E-state index contributed by atoms with van der Waals surface area (Å²) in [5.41, 5.74) is -0.236. The van der Waals surface area contributed by atoms with Gasteiger partial charge < -0.3 is 10.4 Å². The molecule has 1 heterocycles. The maximum Gasteiger partial charge on any atom is 0.337 e. The van der Waals surface area contributed by atoms with E-state index in [1.807, 2.05) is 0 Å². The second-order valence-electron chi connectivity index (χ2n) is 3.90. The molecule has 1 aromatic heterocycles. The van der Waals surface area contributed by atoms with Crippen molar-refractivity contribution in [1.29, 1.82) is 0 Å². The SMILES string of the molecule is O=C(O)c1cnc(Nc2cc(Cl)ccc2Br)c([N+](=O)[O-])c1. The third-order valence-electron chi connectivity index (χ3n) is 2.49. The monoisotopic (exact) mass is 371 g/mol. The largest absolute Gasteiger partial charge is 0.478 e. The Morgan fingerprint density at radius 1 is 1.43 bits per heavy atom. The Morgan fingerprint density at radius 3 is 2.76 bits per heavy atom. The smallest absolute Gasteiger partial charge is 0.337 e. The molecule has 0 radical (unpaired) electrons. The number of anilines is 2. The maximum absolute atomic E-state index is 11.0. The zero-order chi connectivity index (χ0) is 15.6. The minimum atomic E-state index is -1.29. The predicted molar refractivity (Wildman–Crippen MR) is 80.3 cm³/mol. The van der Waals surface area contributed by atoms with Crippen molar-refractivity contribution < 1.29 is 14.8 Å². The highest BCUT2D eigenvalue weighted by Crippen LogP contribution is 2.32. The number of benzene rings is 1. The van der Waals surface area contributed by atoms with E-state index in [0.29, 0.717) is 15.2 Å². The second-order valence-corrected chi connectivity index (χ2v) is 5.19. The Balaban J connectivity index is 2.46. The van der Waals surface area contributed by atoms with Gasteiger partial charge >= 0.3 is 11.7 Å². The van der Waals surface area contributed by atoms with E-state index < -0.39 is 16.6 Å². The molecule has 0 aliphatic rings. The van der Waals surface area contributed by atoms with Gasteiger partial charge in [-0.2, -0.15) is 0 Å². The molecular formula is C12H7BrClN3O4. The Kier molecular flexibility index (Phi) is 4.39. The van der Waals surface area contributed by atoms with Gasteiger partial charge in [0.15, 0.2) is 0 Å². The van der Waals surface area contributed by atoms with E-state index in [4.69, 9.17) is 16.7 Å². The van der Waals surface area contributed by atoms with Crippen molar-refractivity contribution in [3.8, 4) is 0 Å². The fourth-order valence-corrected chi connectivity index (χ4v) is 2.04. The summed E-state index contributed by atoms with van der Waals surface area (Å²) >= 11 is 9.13. The molecule has 2 rings (SSSR count). The van der Waals surface area contributed by atoms with Crippen molar-refractivity contribution in [2.24, 2.45) is 0 Å². The number of nitrogens with one attached hydrogen (secondary N) is 1. The number of carbonyl (C=O) groups is 1. The highest BCUT2D eigenvalue weighted by Gasteiger charge is 2.19. The van der Waals surface area contributed by atoms with Crippen molar-refractivity contribution in [3.63, 3.8) is 0 Å². The second kappa shape index (κ2) is 6.06. The number of aromatic nitrogens is 1. The van der Waals surface area contributed by atoms with Gasteiger partial charge in [-0.05, 0) is 34.1 Å². The van der Waals surface area contributed by atoms with Gasteiger partial charge in [-0.1, -0.05) is 11.6 Å². The summed E-state index contributed by atoms with van der Waals surface area (Å²) in [6.45, 7) is 0. The van der Waals surface area contributed by atoms with E-state index in [-0.39, 0.29) is 11.4 Å². The van der Waals surface area contributed by atoms with Crippen LogP contribution in [0.25, 0.3) is 0 Å². The van der Waals surface area contributed by atoms with Crippen LogP contribution in [0.3, 0.4) is 0 Å². The quantitative estimate of drug-likeness (QED) is 0.624. The van der Waals surface area contributed by atoms with Crippen molar-refractivity contribution in [2.75, 3.05) is 5.32 Å². The summed E-state index contributed by atoms with van der Waals surface area (Å²) in [4.78, 5) is 25.0. The number of nitro groups is 1. The lowest BCUT2D eigenvalue weighted by Crippen LogP contribution is -2.04. The van der Waals surface area contributed by atoms with Gasteiger partial charge in [-0.15, -0.1) is 0 Å². The molecule has 7 nitrogen and oxygen atoms in total. The molecule has 0 saturated heterocycles. The first-order valence-corrected chi connectivity index (χ1v) is 6.65. The lowest BCUT2D eigenvalue weighted by Gasteiger charge is -2.09. The van der Waals surface area contributed by atoms with Gasteiger partial charge in [-0.3, -0.25) is 10.1 Å². The minimum absolute atomic E-state index is 0.0760. The molecule has 108 valence electrons. The van der Waals surface area contributed by atoms with Gasteiger partial charge in [0.2, 0.25) is 5.82 Å². The highest BCUT2D eigenvalue weighted by molar-refractivity contribution is 9.10. The maximum atomic E-state index is 11.0. The van der Waals surface area contributed by atoms with Crippen molar-refractivity contribution in [1.82, 2.24) is 4.98 Å². The van der Waals surface area contributed by atoms with E-state index in [2.05, 4.69) is 26.2 Å². The summed E-state index contributed by atoms with van der Waals surface area (Å²) in [5, 5.41) is 23.1. The van der Waals surface area contributed by atoms with Crippen LogP contribution in [0.2, 0.25) is 5.02 Å². The predicted octanol–water partition coefficient (Wildman–Crippen LogP) is 3.85. The van der Waals surface area contributed by atoms with Crippen LogP contribution in [0.4, 0.5) is 17.2 Å². The van der Waals surface area contributed by atoms with Crippen molar-refractivity contribution >= 4 is 50.7 Å². The lowest BCUT2D eigenvalue weighted by molar-refractivity contribution is -0.384. The number of carboxylic acid groups (broad SMARTS) is 1. The zero-order valence-corrected chi connectivity index (χ0v) is 12.6. The van der Waals surface area contributed by atoms with Crippen LogP contribution in [0.15, 0.2) is 34.9 Å². The van der Waals surface area contributed by atoms with Gasteiger partial charge in [0.25, 0.3) is 0 Å². The third-order valence-corrected chi connectivity index (χ3v) is 3.42. The number of hydrogen-bond donors (Lipinski definition) is 2. The number of rotatable bonds is 4. The van der Waals surface area contributed by atoms with Gasteiger partial charge in [0, 0.05) is 21.8 Å². The third kappa shape index (κ3) is 3.47. The van der Waals surface area contributed by atoms with Crippen molar-refractivity contribution in [2.45, 2.75) is 0 Å². The molecule has 0 amide bonds. The fourth-order valence-electron chi connectivity index (χ4n) is 1.53. The average Bonchev–Trinajstić information content (AvgIpc) is 2.42. The Bertz CT molecular complexity index is 738. The van der Waals surface area contributed by atoms with E-state index in [9.17, 15) is 14.9 Å². The number of halogens is 2. The molecule has 0 saturated carbocycles. The minimum Gasteiger partial charge on any atom is -0.478 e. The van der Waals surface area contributed by atoms with Crippen LogP contribution in [0.5, 0.6) is 0 Å². The Morgan fingerprint density at radius 2 is 2.14 bits per heavy atom. The Hall–Kier alpha value is -2.19. The number of nitrogens with zero attached hydrogens (tertiary/aromatic N) is 2. The fraction of sp³-hybridized carbons (Fsp3) is 0. The molecule has 2 aromatic rings. The first-order chi connectivity index (χ1) is 9.88. The van der Waals surface area contributed by atoms with E-state index in [0.717, 1.165) is 12.3 Å². The molecule has 21 heavy (non-hydrogen) atoms. The number of aromatic carboxylic acids is 1. The molecule has 0 unspecified atom stereocenters. The summed E-state index contributed by atoms with van der Waals surface area (Å²) in [5.74, 6) is -1.37. The van der Waals surface area contributed by atoms with E-state index in [1.165, 1.54) is 0 Å². The normalized spacial score (nSPS) is 10.2. The summed E-state index contributed by atoms with van der Waals surface area (Å²) in [6.07, 6.45) is 1.04. The van der Waals surface area contributed by atoms with Gasteiger partial charge in [-0.25, -0.2) is 9.78 Å². The summed E-state index contributed by atoms with van der Waals surface area (Å²) < 4.78 is 0.630. The van der Waals surface area contributed by atoms with Crippen LogP contribution in [0.1, 0.15) is 10.4 Å². The van der Waals surface area contributed by atoms with Gasteiger partial charge in [0.05, 0.1) is 16.2 Å². The molecule has 0 aliphatic heterocycles. The molecule has 0 aliphatic carbocycles. The van der Waals surface area contributed by atoms with Gasteiger partial charge in [0.1, 0.15) is 0 Å². The Labute approximate surface area is 131 Å². The summed E-state index contributed by atoms with van der Waals surface area (Å²) in [7, 11) is 0. The average molecular weight is 373 g/mol. The van der Waals surface area contributed by atoms with Crippen LogP contribution in [-0.4, -0.2) is 21.0 Å². The zero-order valence-electron chi connectivity index (χ0n) is 10.2. The molecule has 0 fully saturated rings. The number of carboxylic acids is 1. The first kappa shape index (κ1) is 15.2. The first-order valence-electron chi connectivity index (χ1n) is 5.48. The molecule has 1 aromatic carbocycles. The topological polar surface area (TPSA) is 105 Å². The molecule has 0 bridgehead atoms. The molecular weight excluding hydrogens is 366 g/mol. The number of hydrogen-bond acceptors (Lipinski definition) is 5. The van der Waals surface area contributed by atoms with Crippen LogP contribution >= 0.6 is 27.5 Å². The van der Waals surface area contributed by atoms with E-state index in [1.54, 1.807) is 18.2 Å². The molecule has 9 heteroatoms. The summed E-state index contributed by atoms with van der Waals surface area (Å²) in [6, 6.07) is 5.81.